The fraction of sp³-hybridized carbons (Fsp3) is 0.533. The number of ketones is 1. The number of nitrogens with two attached hydrogens (primary N) is 1. The predicted octanol–water partition coefficient (Wildman–Crippen LogP) is 6.71. The molecule has 8 heteroatoms. The molecule has 1 saturated heterocycles. The number of benzene rings is 1. The van der Waals surface area contributed by atoms with Gasteiger partial charge >= 0.3 is 12.0 Å². The lowest BCUT2D eigenvalue weighted by Gasteiger charge is -2.32. The molecule has 1 aromatic carbocycles. The monoisotopic (exact) mass is 528 g/mol. The molecule has 0 spiro atoms. The van der Waals surface area contributed by atoms with E-state index in [-0.39, 0.29) is 28.7 Å². The van der Waals surface area contributed by atoms with Gasteiger partial charge in [-0.05, 0) is 49.8 Å². The largest absolute Gasteiger partial charge is 0.478 e. The second-order valence-electron chi connectivity index (χ2n) is 9.83. The van der Waals surface area contributed by atoms with Gasteiger partial charge in [-0.25, -0.2) is 9.59 Å². The van der Waals surface area contributed by atoms with Crippen LogP contribution in [0, 0.1) is 0 Å². The van der Waals surface area contributed by atoms with Gasteiger partial charge in [0.15, 0.2) is 0 Å². The number of carboxylic acids is 1. The minimum atomic E-state index is -0.898. The lowest BCUT2D eigenvalue weighted by Crippen LogP contribution is -2.53. The van der Waals surface area contributed by atoms with E-state index in [9.17, 15) is 14.4 Å². The van der Waals surface area contributed by atoms with Crippen molar-refractivity contribution in [2.75, 3.05) is 7.05 Å². The number of aliphatic imine (C=N–C) groups is 1. The Balaban J connectivity index is 0.000000316. The van der Waals surface area contributed by atoms with Crippen LogP contribution in [-0.4, -0.2) is 52.6 Å². The predicted molar refractivity (Wildman–Crippen MR) is 153 cm³/mol. The molecule has 3 N–H and O–H groups in total. The van der Waals surface area contributed by atoms with Gasteiger partial charge < -0.3 is 20.4 Å². The average molecular weight is 529 g/mol. The molecule has 2 heterocycles. The van der Waals surface area contributed by atoms with E-state index in [0.29, 0.717) is 11.3 Å². The van der Waals surface area contributed by atoms with Crippen LogP contribution in [0.4, 0.5) is 4.79 Å². The summed E-state index contributed by atoms with van der Waals surface area (Å²) in [5, 5.41) is 8.87. The molecule has 3 atom stereocenters. The Morgan fingerprint density at radius 1 is 1.13 bits per heavy atom. The molecular formula is C30H46N3O5+. The van der Waals surface area contributed by atoms with Crippen LogP contribution in [-0.2, 0) is 9.53 Å². The topological polar surface area (TPSA) is 119 Å². The molecule has 2 aliphatic heterocycles. The third kappa shape index (κ3) is 10.3. The summed E-state index contributed by atoms with van der Waals surface area (Å²) in [7, 11) is 1.83. The number of amidine groups is 1. The number of nitrogens with zero attached hydrogens (tertiary/aromatic N) is 2. The standard InChI is InChI=1S/C13H21N3O2.C11H12O2.C6H12O/c1-3-4-5-10-6-7-12(18-10)16(2)9-8-11(14)15-13(16)17;1-3-8(2)9-6-4-5-7-10(9)11(12)13;1-3-4-5-6(2)7/h8-10,12H,3-7H2,1-2H3,(H-,14,15,17);4-7H,2-3H2,1H3,(H,12,13);3-5H2,1-2H3/p+1. The molecule has 0 aromatic heterocycles. The molecule has 8 nitrogen and oxygen atoms in total. The number of amides is 2. The Kier molecular flexibility index (Phi) is 14.5. The Morgan fingerprint density at radius 2 is 1.76 bits per heavy atom. The summed E-state index contributed by atoms with van der Waals surface area (Å²) in [6.07, 6.45) is 12.7. The highest BCUT2D eigenvalue weighted by molar-refractivity contribution is 5.99. The Labute approximate surface area is 227 Å². The number of allylic oxidation sites excluding steroid dienone is 1. The molecule has 0 radical (unpaired) electrons. The Bertz CT molecular complexity index is 1020. The number of rotatable bonds is 10. The first kappa shape index (κ1) is 32.9. The first-order valence-electron chi connectivity index (χ1n) is 13.6. The van der Waals surface area contributed by atoms with Gasteiger partial charge in [0, 0.05) is 18.9 Å². The van der Waals surface area contributed by atoms with E-state index in [1.165, 1.54) is 12.8 Å². The molecule has 1 aromatic rings. The summed E-state index contributed by atoms with van der Waals surface area (Å²) in [5.74, 6) is -0.317. The van der Waals surface area contributed by atoms with E-state index in [1.54, 1.807) is 37.4 Å². The zero-order valence-electron chi connectivity index (χ0n) is 23.7. The summed E-state index contributed by atoms with van der Waals surface area (Å²) < 4.78 is 6.09. The molecule has 2 aliphatic rings. The summed E-state index contributed by atoms with van der Waals surface area (Å²) >= 11 is 0. The van der Waals surface area contributed by atoms with Crippen LogP contribution in [0.1, 0.15) is 101 Å². The lowest BCUT2D eigenvalue weighted by molar-refractivity contribution is -0.830. The number of quaternary nitrogens is 1. The number of urea groups is 1. The van der Waals surface area contributed by atoms with Crippen LogP contribution in [0.15, 0.2) is 48.1 Å². The Hall–Kier alpha value is -3.10. The molecule has 0 saturated carbocycles. The van der Waals surface area contributed by atoms with Crippen molar-refractivity contribution in [2.24, 2.45) is 10.7 Å². The average Bonchev–Trinajstić information content (AvgIpc) is 3.38. The van der Waals surface area contributed by atoms with Crippen molar-refractivity contribution in [3.8, 4) is 0 Å². The molecule has 3 rings (SSSR count). The highest BCUT2D eigenvalue weighted by Gasteiger charge is 2.45. The zero-order valence-corrected chi connectivity index (χ0v) is 23.7. The van der Waals surface area contributed by atoms with Crippen molar-refractivity contribution in [2.45, 2.75) is 97.8 Å². The van der Waals surface area contributed by atoms with Gasteiger partial charge in [-0.15, -0.1) is 4.99 Å². The fourth-order valence-electron chi connectivity index (χ4n) is 4.09. The minimum absolute atomic E-state index is 0.0866. The summed E-state index contributed by atoms with van der Waals surface area (Å²) in [6, 6.07) is 6.68. The van der Waals surface area contributed by atoms with Gasteiger partial charge in [-0.3, -0.25) is 0 Å². The molecule has 210 valence electrons. The van der Waals surface area contributed by atoms with Crippen LogP contribution in [0.3, 0.4) is 0 Å². The molecular weight excluding hydrogens is 482 g/mol. The number of unbranched alkanes of at least 4 members (excludes halogenated alkanes) is 2. The zero-order chi connectivity index (χ0) is 28.7. The first-order chi connectivity index (χ1) is 18.0. The number of carbonyl (C=O) groups is 3. The van der Waals surface area contributed by atoms with Crippen molar-refractivity contribution in [1.29, 1.82) is 0 Å². The molecule has 0 bridgehead atoms. The van der Waals surface area contributed by atoms with Gasteiger partial charge in [-0.2, -0.15) is 4.48 Å². The minimum Gasteiger partial charge on any atom is -0.478 e. The van der Waals surface area contributed by atoms with Crippen molar-refractivity contribution in [1.82, 2.24) is 0 Å². The number of hydrogen-bond acceptors (Lipinski definition) is 5. The molecule has 1 fully saturated rings. The van der Waals surface area contributed by atoms with Gasteiger partial charge in [-0.1, -0.05) is 64.8 Å². The van der Waals surface area contributed by atoms with E-state index in [0.717, 1.165) is 56.1 Å². The van der Waals surface area contributed by atoms with Crippen LogP contribution < -0.4 is 5.73 Å². The van der Waals surface area contributed by atoms with Crippen molar-refractivity contribution in [3.05, 3.63) is 54.2 Å². The summed E-state index contributed by atoms with van der Waals surface area (Å²) in [5.41, 5.74) is 7.45. The molecule has 0 aliphatic carbocycles. The maximum Gasteiger partial charge on any atom is 0.451 e. The van der Waals surface area contributed by atoms with E-state index >= 15 is 0 Å². The fourth-order valence-corrected chi connectivity index (χ4v) is 4.09. The maximum absolute atomic E-state index is 12.0. The Morgan fingerprint density at radius 3 is 2.26 bits per heavy atom. The second kappa shape index (κ2) is 16.7. The van der Waals surface area contributed by atoms with E-state index in [2.05, 4.69) is 25.4 Å². The first-order valence-corrected chi connectivity index (χ1v) is 13.6. The van der Waals surface area contributed by atoms with Gasteiger partial charge in [0.1, 0.15) is 17.8 Å². The van der Waals surface area contributed by atoms with E-state index < -0.39 is 5.97 Å². The molecule has 3 unspecified atom stereocenters. The number of aromatic carboxylic acids is 1. The van der Waals surface area contributed by atoms with Gasteiger partial charge in [0.2, 0.25) is 6.23 Å². The van der Waals surface area contributed by atoms with Crippen molar-refractivity contribution >= 4 is 29.2 Å². The third-order valence-corrected chi connectivity index (χ3v) is 6.60. The van der Waals surface area contributed by atoms with E-state index in [1.807, 2.05) is 20.0 Å². The number of ether oxygens (including phenoxy) is 1. The van der Waals surface area contributed by atoms with Crippen LogP contribution >= 0.6 is 0 Å². The van der Waals surface area contributed by atoms with Crippen molar-refractivity contribution in [3.63, 3.8) is 0 Å². The smallest absolute Gasteiger partial charge is 0.451 e. The lowest BCUT2D eigenvalue weighted by atomic mass is 9.99. The highest BCUT2D eigenvalue weighted by atomic mass is 16.5. The van der Waals surface area contributed by atoms with Crippen molar-refractivity contribution < 1.29 is 28.7 Å². The number of Topliss-reactive ketones (excluding diaryl/α,β-unsaturated/α-hetero) is 1. The SMILES string of the molecule is C=C(CC)c1ccccc1C(=O)O.CCCCC(C)=O.CCCCC1CCC([N+]2(C)C=CC(N)=NC2=O)O1. The quantitative estimate of drug-likeness (QED) is 0.326. The van der Waals surface area contributed by atoms with Crippen LogP contribution in [0.25, 0.3) is 5.57 Å². The van der Waals surface area contributed by atoms with Crippen LogP contribution in [0.2, 0.25) is 0 Å². The summed E-state index contributed by atoms with van der Waals surface area (Å²) in [4.78, 5) is 36.8. The van der Waals surface area contributed by atoms with E-state index in [4.69, 9.17) is 15.6 Å². The third-order valence-electron chi connectivity index (χ3n) is 6.60. The highest BCUT2D eigenvalue weighted by Crippen LogP contribution is 2.31. The molecule has 38 heavy (non-hydrogen) atoms. The number of hydrogen-bond donors (Lipinski definition) is 2. The maximum atomic E-state index is 12.0. The van der Waals surface area contributed by atoms with Gasteiger partial charge in [0.25, 0.3) is 0 Å². The second-order valence-corrected chi connectivity index (χ2v) is 9.83. The normalized spacial score (nSPS) is 21.9. The van der Waals surface area contributed by atoms with Crippen LogP contribution in [0.5, 0.6) is 0 Å². The van der Waals surface area contributed by atoms with Gasteiger partial charge in [0.05, 0.1) is 18.7 Å². The number of carboxylic acid groups (broad SMARTS) is 1. The number of carbonyl (C=O) groups excluding carboxylic acids is 2. The summed E-state index contributed by atoms with van der Waals surface area (Å²) in [6.45, 7) is 11.7. The molecule has 2 amide bonds.